The smallest absolute Gasteiger partial charge is 0.0398 e. The zero-order valence-corrected chi connectivity index (χ0v) is 9.03. The first-order valence-corrected chi connectivity index (χ1v) is 4.63. The average molecular weight is 186 g/mol. The van der Waals surface area contributed by atoms with Gasteiger partial charge in [0, 0.05) is 0 Å². The molecule has 0 N–H and O–H groups in total. The van der Waals surface area contributed by atoms with Crippen LogP contribution in [0.25, 0.3) is 0 Å². The van der Waals surface area contributed by atoms with E-state index in [1.807, 2.05) is 37.3 Å². The number of allylic oxidation sites excluding steroid dienone is 4. The van der Waals surface area contributed by atoms with E-state index in [1.165, 1.54) is 5.56 Å². The lowest BCUT2D eigenvalue weighted by Gasteiger charge is -1.82. The Balaban J connectivity index is 0.000000241. The predicted octanol–water partition coefficient (Wildman–Crippen LogP) is 4.30. The summed E-state index contributed by atoms with van der Waals surface area (Å²) in [7, 11) is 0. The van der Waals surface area contributed by atoms with Crippen molar-refractivity contribution >= 4 is 0 Å². The summed E-state index contributed by atoms with van der Waals surface area (Å²) in [4.78, 5) is 0. The average Bonchev–Trinajstić information content (AvgIpc) is 2.17. The Morgan fingerprint density at radius 1 is 1.21 bits per heavy atom. The zero-order valence-electron chi connectivity index (χ0n) is 9.03. The normalized spacial score (nSPS) is 9.00. The largest absolute Gasteiger partial charge is 0.0991 e. The fourth-order valence-corrected chi connectivity index (χ4v) is 0.767. The van der Waals surface area contributed by atoms with Gasteiger partial charge in [-0.1, -0.05) is 72.9 Å². The van der Waals surface area contributed by atoms with Crippen LogP contribution in [-0.4, -0.2) is 0 Å². The molecule has 0 atom stereocenters. The van der Waals surface area contributed by atoms with Crippen LogP contribution < -0.4 is 0 Å². The van der Waals surface area contributed by atoms with E-state index in [2.05, 4.69) is 32.2 Å². The molecule has 0 fully saturated rings. The quantitative estimate of drug-likeness (QED) is 0.604. The molecule has 0 aliphatic rings. The first-order valence-electron chi connectivity index (χ1n) is 4.63. The van der Waals surface area contributed by atoms with E-state index in [-0.39, 0.29) is 0 Å². The highest BCUT2D eigenvalue weighted by atomic mass is 13.8. The molecule has 0 spiro atoms. The lowest BCUT2D eigenvalue weighted by molar-refractivity contribution is 1.48. The summed E-state index contributed by atoms with van der Waals surface area (Å²) in [5, 5.41) is 0. The van der Waals surface area contributed by atoms with E-state index < -0.39 is 0 Å². The van der Waals surface area contributed by atoms with E-state index >= 15 is 0 Å². The minimum atomic E-state index is 1.06. The molecule has 74 valence electrons. The number of hydrogen-bond acceptors (Lipinski definition) is 0. The Kier molecular flexibility index (Phi) is 7.16. The summed E-state index contributed by atoms with van der Waals surface area (Å²) >= 11 is 0. The van der Waals surface area contributed by atoms with Gasteiger partial charge in [0.15, 0.2) is 0 Å². The highest BCUT2D eigenvalue weighted by Crippen LogP contribution is 1.92. The van der Waals surface area contributed by atoms with Gasteiger partial charge in [0.2, 0.25) is 0 Å². The highest BCUT2D eigenvalue weighted by molar-refractivity contribution is 5.15. The van der Waals surface area contributed by atoms with Crippen molar-refractivity contribution in [2.24, 2.45) is 0 Å². The van der Waals surface area contributed by atoms with Gasteiger partial charge in [0.25, 0.3) is 0 Å². The molecule has 14 heavy (non-hydrogen) atoms. The van der Waals surface area contributed by atoms with Crippen molar-refractivity contribution in [1.29, 1.82) is 0 Å². The Morgan fingerprint density at radius 2 is 1.79 bits per heavy atom. The van der Waals surface area contributed by atoms with Crippen LogP contribution in [0.3, 0.4) is 0 Å². The first kappa shape index (κ1) is 12.4. The van der Waals surface area contributed by atoms with Gasteiger partial charge in [-0.2, -0.15) is 0 Å². The van der Waals surface area contributed by atoms with Gasteiger partial charge < -0.3 is 0 Å². The zero-order chi connectivity index (χ0) is 10.8. The van der Waals surface area contributed by atoms with Gasteiger partial charge in [-0.05, 0) is 13.8 Å². The van der Waals surface area contributed by atoms with E-state index in [4.69, 9.17) is 0 Å². The fourth-order valence-electron chi connectivity index (χ4n) is 0.767. The lowest BCUT2D eigenvalue weighted by atomic mass is 10.2. The van der Waals surface area contributed by atoms with E-state index in [0.717, 1.165) is 5.57 Å². The van der Waals surface area contributed by atoms with Crippen molar-refractivity contribution in [3.63, 3.8) is 0 Å². The van der Waals surface area contributed by atoms with Gasteiger partial charge in [0.05, 0.1) is 0 Å². The Hall–Kier alpha value is -1.56. The lowest BCUT2D eigenvalue weighted by Crippen LogP contribution is -1.62. The van der Waals surface area contributed by atoms with Gasteiger partial charge in [0.1, 0.15) is 0 Å². The van der Waals surface area contributed by atoms with Crippen molar-refractivity contribution in [3.05, 3.63) is 72.9 Å². The van der Waals surface area contributed by atoms with Crippen LogP contribution in [0, 0.1) is 6.92 Å². The van der Waals surface area contributed by atoms with Crippen LogP contribution in [0.1, 0.15) is 12.5 Å². The molecule has 1 aromatic rings. The maximum absolute atomic E-state index is 3.66. The van der Waals surface area contributed by atoms with Crippen molar-refractivity contribution in [3.8, 4) is 0 Å². The van der Waals surface area contributed by atoms with Gasteiger partial charge in [-0.3, -0.25) is 0 Å². The number of rotatable bonds is 2. The topological polar surface area (TPSA) is 0 Å². The molecule has 0 aliphatic carbocycles. The van der Waals surface area contributed by atoms with E-state index in [9.17, 15) is 0 Å². The van der Waals surface area contributed by atoms with E-state index in [0.29, 0.717) is 0 Å². The van der Waals surface area contributed by atoms with Crippen LogP contribution in [0.15, 0.2) is 67.3 Å². The summed E-state index contributed by atoms with van der Waals surface area (Å²) in [6, 6.07) is 10.3. The van der Waals surface area contributed by atoms with Crippen LogP contribution in [0.5, 0.6) is 0 Å². The van der Waals surface area contributed by atoms with Gasteiger partial charge >= 0.3 is 0 Å². The van der Waals surface area contributed by atoms with Crippen LogP contribution in [-0.2, 0) is 0 Å². The molecular weight excluding hydrogens is 168 g/mol. The summed E-state index contributed by atoms with van der Waals surface area (Å²) < 4.78 is 0. The Labute approximate surface area is 87.3 Å². The molecule has 0 radical (unpaired) electrons. The summed E-state index contributed by atoms with van der Waals surface area (Å²) in [6.45, 7) is 11.2. The summed E-state index contributed by atoms with van der Waals surface area (Å²) in [5.41, 5.74) is 2.38. The van der Waals surface area contributed by atoms with Crippen LogP contribution in [0.4, 0.5) is 0 Å². The fraction of sp³-hybridized carbons (Fsp3) is 0.143. The molecule has 0 aliphatic heterocycles. The second-order valence-electron chi connectivity index (χ2n) is 3.10. The molecule has 0 unspecified atom stereocenters. The molecule has 0 saturated heterocycles. The van der Waals surface area contributed by atoms with Crippen molar-refractivity contribution in [2.45, 2.75) is 13.8 Å². The van der Waals surface area contributed by atoms with Crippen molar-refractivity contribution in [1.82, 2.24) is 0 Å². The third kappa shape index (κ3) is 8.54. The second-order valence-corrected chi connectivity index (χ2v) is 3.10. The Bertz CT molecular complexity index is 291. The SMILES string of the molecule is C=CC=CC(=C)C.Cc1ccccc1. The molecule has 1 rings (SSSR count). The number of hydrogen-bond donors (Lipinski definition) is 0. The molecule has 0 heterocycles. The van der Waals surface area contributed by atoms with Crippen LogP contribution >= 0.6 is 0 Å². The van der Waals surface area contributed by atoms with Crippen molar-refractivity contribution < 1.29 is 0 Å². The Morgan fingerprint density at radius 3 is 2.00 bits per heavy atom. The molecule has 1 aromatic carbocycles. The highest BCUT2D eigenvalue weighted by Gasteiger charge is 1.72. The molecule has 0 aromatic heterocycles. The van der Waals surface area contributed by atoms with Gasteiger partial charge in [-0.25, -0.2) is 0 Å². The van der Waals surface area contributed by atoms with E-state index in [1.54, 1.807) is 6.08 Å². The van der Waals surface area contributed by atoms with Crippen LogP contribution in [0.2, 0.25) is 0 Å². The predicted molar refractivity (Wildman–Crippen MR) is 65.3 cm³/mol. The molecule has 0 bridgehead atoms. The molecule has 0 nitrogen and oxygen atoms in total. The molecule has 0 amide bonds. The summed E-state index contributed by atoms with van der Waals surface area (Å²) in [5.74, 6) is 0. The van der Waals surface area contributed by atoms with Crippen molar-refractivity contribution in [2.75, 3.05) is 0 Å². The number of aryl methyl sites for hydroxylation is 1. The summed E-state index contributed by atoms with van der Waals surface area (Å²) in [6.07, 6.45) is 5.50. The molecule has 0 saturated carbocycles. The standard InChI is InChI=1S/C7H8.C7H10/c1-7-5-3-2-4-6-7;1-4-5-6-7(2)3/h2-6H,1H3;4-6H,1-2H2,3H3. The maximum Gasteiger partial charge on any atom is -0.0398 e. The van der Waals surface area contributed by atoms with Gasteiger partial charge in [-0.15, -0.1) is 0 Å². The first-order chi connectivity index (χ1) is 6.66. The molecule has 0 heteroatoms. The third-order valence-corrected chi connectivity index (χ3v) is 1.46. The minimum absolute atomic E-state index is 1.06. The third-order valence-electron chi connectivity index (χ3n) is 1.46. The monoisotopic (exact) mass is 186 g/mol. The number of benzene rings is 1. The minimum Gasteiger partial charge on any atom is -0.0991 e. The second kappa shape index (κ2) is 8.06. The maximum atomic E-state index is 3.66. The molecular formula is C14H18.